The molecule has 1 amide bonds. The van der Waals surface area contributed by atoms with Crippen LogP contribution in [0.2, 0.25) is 0 Å². The quantitative estimate of drug-likeness (QED) is 0.889. The molecule has 0 bridgehead atoms. The van der Waals surface area contributed by atoms with Gasteiger partial charge in [0, 0.05) is 16.4 Å². The minimum absolute atomic E-state index is 0.00754. The van der Waals surface area contributed by atoms with Gasteiger partial charge < -0.3 is 5.32 Å². The van der Waals surface area contributed by atoms with Crippen LogP contribution in [0.15, 0.2) is 41.0 Å². The zero-order valence-electron chi connectivity index (χ0n) is 10.7. The SMILES string of the molecule is CCC(NC(=O)Cc1ccn[nH]1)c1ccccc1Br. The van der Waals surface area contributed by atoms with E-state index in [0.717, 1.165) is 22.2 Å². The van der Waals surface area contributed by atoms with Crippen LogP contribution in [0, 0.1) is 0 Å². The van der Waals surface area contributed by atoms with Gasteiger partial charge in [-0.05, 0) is 24.1 Å². The molecule has 100 valence electrons. The van der Waals surface area contributed by atoms with Gasteiger partial charge in [0.05, 0.1) is 12.5 Å². The number of carbonyl (C=O) groups excluding carboxylic acids is 1. The number of benzene rings is 1. The van der Waals surface area contributed by atoms with Crippen molar-refractivity contribution in [1.82, 2.24) is 15.5 Å². The normalized spacial score (nSPS) is 12.1. The maximum atomic E-state index is 12.0. The van der Waals surface area contributed by atoms with Gasteiger partial charge in [0.25, 0.3) is 0 Å². The summed E-state index contributed by atoms with van der Waals surface area (Å²) in [6.45, 7) is 2.06. The smallest absolute Gasteiger partial charge is 0.226 e. The van der Waals surface area contributed by atoms with Gasteiger partial charge >= 0.3 is 0 Å². The number of hydrogen-bond donors (Lipinski definition) is 2. The van der Waals surface area contributed by atoms with Crippen LogP contribution in [0.25, 0.3) is 0 Å². The summed E-state index contributed by atoms with van der Waals surface area (Å²) in [4.78, 5) is 12.0. The highest BCUT2D eigenvalue weighted by Gasteiger charge is 2.15. The van der Waals surface area contributed by atoms with E-state index in [1.54, 1.807) is 12.3 Å². The maximum absolute atomic E-state index is 12.0. The lowest BCUT2D eigenvalue weighted by molar-refractivity contribution is -0.121. The summed E-state index contributed by atoms with van der Waals surface area (Å²) in [6, 6.07) is 9.77. The average molecular weight is 322 g/mol. The second kappa shape index (κ2) is 6.52. The van der Waals surface area contributed by atoms with Crippen LogP contribution < -0.4 is 5.32 Å². The second-order valence-corrected chi connectivity index (χ2v) is 5.16. The summed E-state index contributed by atoms with van der Waals surface area (Å²) in [5.41, 5.74) is 1.92. The number of H-pyrrole nitrogens is 1. The molecule has 0 fully saturated rings. The molecule has 1 aromatic carbocycles. The van der Waals surface area contributed by atoms with Gasteiger partial charge in [0.1, 0.15) is 0 Å². The van der Waals surface area contributed by atoms with Gasteiger partial charge in [-0.2, -0.15) is 5.10 Å². The molecule has 19 heavy (non-hydrogen) atoms. The van der Waals surface area contributed by atoms with E-state index in [2.05, 4.69) is 38.4 Å². The molecule has 2 N–H and O–H groups in total. The fourth-order valence-corrected chi connectivity index (χ4v) is 2.52. The monoisotopic (exact) mass is 321 g/mol. The summed E-state index contributed by atoms with van der Waals surface area (Å²) >= 11 is 3.52. The van der Waals surface area contributed by atoms with Crippen LogP contribution in [-0.2, 0) is 11.2 Å². The van der Waals surface area contributed by atoms with Crippen LogP contribution in [0.5, 0.6) is 0 Å². The summed E-state index contributed by atoms with van der Waals surface area (Å²) in [6.07, 6.45) is 2.81. The van der Waals surface area contributed by atoms with Gasteiger partial charge in [0.15, 0.2) is 0 Å². The first kappa shape index (κ1) is 13.8. The zero-order valence-corrected chi connectivity index (χ0v) is 12.3. The Kier molecular flexibility index (Phi) is 4.74. The lowest BCUT2D eigenvalue weighted by atomic mass is 10.0. The number of hydrogen-bond acceptors (Lipinski definition) is 2. The molecule has 0 aliphatic rings. The highest BCUT2D eigenvalue weighted by atomic mass is 79.9. The van der Waals surface area contributed by atoms with Crippen molar-refractivity contribution < 1.29 is 4.79 Å². The number of aromatic amines is 1. The van der Waals surface area contributed by atoms with Gasteiger partial charge in [-0.3, -0.25) is 9.89 Å². The van der Waals surface area contributed by atoms with E-state index in [4.69, 9.17) is 0 Å². The van der Waals surface area contributed by atoms with E-state index >= 15 is 0 Å². The van der Waals surface area contributed by atoms with Crippen molar-refractivity contribution in [2.45, 2.75) is 25.8 Å². The lowest BCUT2D eigenvalue weighted by Crippen LogP contribution is -2.29. The van der Waals surface area contributed by atoms with Gasteiger partial charge in [-0.1, -0.05) is 41.1 Å². The van der Waals surface area contributed by atoms with Crippen LogP contribution >= 0.6 is 15.9 Å². The Labute approximate surface area is 120 Å². The molecule has 1 heterocycles. The molecular formula is C14H16BrN3O. The third kappa shape index (κ3) is 3.67. The number of aromatic nitrogens is 2. The molecule has 0 radical (unpaired) electrons. The van der Waals surface area contributed by atoms with Crippen molar-refractivity contribution in [1.29, 1.82) is 0 Å². The molecule has 2 rings (SSSR count). The molecule has 2 aromatic rings. The highest BCUT2D eigenvalue weighted by molar-refractivity contribution is 9.10. The van der Waals surface area contributed by atoms with Crippen molar-refractivity contribution in [3.8, 4) is 0 Å². The Balaban J connectivity index is 2.03. The molecule has 0 aliphatic heterocycles. The zero-order chi connectivity index (χ0) is 13.7. The Morgan fingerprint density at radius 3 is 2.84 bits per heavy atom. The van der Waals surface area contributed by atoms with E-state index < -0.39 is 0 Å². The molecule has 0 saturated carbocycles. The van der Waals surface area contributed by atoms with Gasteiger partial charge in [-0.15, -0.1) is 0 Å². The number of rotatable bonds is 5. The van der Waals surface area contributed by atoms with Crippen molar-refractivity contribution in [3.05, 3.63) is 52.3 Å². The predicted octanol–water partition coefficient (Wildman–Crippen LogP) is 2.98. The molecule has 1 unspecified atom stereocenters. The topological polar surface area (TPSA) is 57.8 Å². The van der Waals surface area contributed by atoms with E-state index in [1.807, 2.05) is 24.3 Å². The predicted molar refractivity (Wildman–Crippen MR) is 77.6 cm³/mol. The molecule has 0 aliphatic carbocycles. The minimum Gasteiger partial charge on any atom is -0.349 e. The van der Waals surface area contributed by atoms with Crippen molar-refractivity contribution in [3.63, 3.8) is 0 Å². The van der Waals surface area contributed by atoms with Crippen LogP contribution in [-0.4, -0.2) is 16.1 Å². The standard InChI is InChI=1S/C14H16BrN3O/c1-2-13(11-5-3-4-6-12(11)15)17-14(19)9-10-7-8-16-18-10/h3-8,13H,2,9H2,1H3,(H,16,18)(H,17,19). The second-order valence-electron chi connectivity index (χ2n) is 4.31. The number of carbonyl (C=O) groups is 1. The third-order valence-corrected chi connectivity index (χ3v) is 3.66. The fourth-order valence-electron chi connectivity index (χ4n) is 1.96. The minimum atomic E-state index is -0.00754. The lowest BCUT2D eigenvalue weighted by Gasteiger charge is -2.18. The summed E-state index contributed by atoms with van der Waals surface area (Å²) in [5.74, 6) is -0.00754. The number of nitrogens with one attached hydrogen (secondary N) is 2. The number of nitrogens with zero attached hydrogens (tertiary/aromatic N) is 1. The van der Waals surface area contributed by atoms with E-state index in [0.29, 0.717) is 6.42 Å². The first-order valence-corrected chi connectivity index (χ1v) is 7.02. The van der Waals surface area contributed by atoms with Crippen LogP contribution in [0.3, 0.4) is 0 Å². The molecule has 0 saturated heterocycles. The Morgan fingerprint density at radius 1 is 1.42 bits per heavy atom. The molecule has 5 heteroatoms. The summed E-state index contributed by atoms with van der Waals surface area (Å²) < 4.78 is 1.02. The van der Waals surface area contributed by atoms with E-state index in [-0.39, 0.29) is 11.9 Å². The van der Waals surface area contributed by atoms with E-state index in [9.17, 15) is 4.79 Å². The molecule has 1 aromatic heterocycles. The fraction of sp³-hybridized carbons (Fsp3) is 0.286. The average Bonchev–Trinajstić information content (AvgIpc) is 2.89. The van der Waals surface area contributed by atoms with Crippen molar-refractivity contribution >= 4 is 21.8 Å². The van der Waals surface area contributed by atoms with Crippen molar-refractivity contribution in [2.75, 3.05) is 0 Å². The Morgan fingerprint density at radius 2 is 2.21 bits per heavy atom. The van der Waals surface area contributed by atoms with Crippen LogP contribution in [0.4, 0.5) is 0 Å². The Hall–Kier alpha value is -1.62. The largest absolute Gasteiger partial charge is 0.349 e. The first-order chi connectivity index (χ1) is 9.20. The molecule has 1 atom stereocenters. The first-order valence-electron chi connectivity index (χ1n) is 6.22. The third-order valence-electron chi connectivity index (χ3n) is 2.93. The molecular weight excluding hydrogens is 306 g/mol. The number of halogens is 1. The van der Waals surface area contributed by atoms with Gasteiger partial charge in [0.2, 0.25) is 5.91 Å². The molecule has 4 nitrogen and oxygen atoms in total. The summed E-state index contributed by atoms with van der Waals surface area (Å²) in [7, 11) is 0. The maximum Gasteiger partial charge on any atom is 0.226 e. The van der Waals surface area contributed by atoms with Crippen molar-refractivity contribution in [2.24, 2.45) is 0 Å². The van der Waals surface area contributed by atoms with E-state index in [1.165, 1.54) is 0 Å². The number of amides is 1. The highest BCUT2D eigenvalue weighted by Crippen LogP contribution is 2.25. The van der Waals surface area contributed by atoms with Gasteiger partial charge in [-0.25, -0.2) is 0 Å². The van der Waals surface area contributed by atoms with Crippen LogP contribution in [0.1, 0.15) is 30.6 Å². The summed E-state index contributed by atoms with van der Waals surface area (Å²) in [5, 5.41) is 9.67. The molecule has 0 spiro atoms. The Bertz CT molecular complexity index is 539.